The zero-order valence-electron chi connectivity index (χ0n) is 13.4. The topological polar surface area (TPSA) is 47.6 Å². The zero-order chi connectivity index (χ0) is 17.4. The number of anilines is 1. The number of amides is 1. The summed E-state index contributed by atoms with van der Waals surface area (Å²) in [6.07, 6.45) is 1.84. The second kappa shape index (κ2) is 6.61. The molecule has 0 unspecified atom stereocenters. The van der Waals surface area contributed by atoms with Gasteiger partial charge in [0.15, 0.2) is 0 Å². The molecule has 0 aliphatic carbocycles. The third kappa shape index (κ3) is 2.84. The van der Waals surface area contributed by atoms with Crippen LogP contribution in [0.5, 0.6) is 11.5 Å². The van der Waals surface area contributed by atoms with Gasteiger partial charge in [-0.25, -0.2) is 0 Å². The molecule has 4 nitrogen and oxygen atoms in total. The van der Waals surface area contributed by atoms with Crippen LogP contribution in [0, 0.1) is 6.92 Å². The van der Waals surface area contributed by atoms with Crippen LogP contribution in [0.3, 0.4) is 0 Å². The molecule has 0 atom stereocenters. The first kappa shape index (κ1) is 17.0. The van der Waals surface area contributed by atoms with Crippen LogP contribution in [0.25, 0.3) is 11.6 Å². The predicted octanol–water partition coefficient (Wildman–Crippen LogP) is 5.03. The number of hydrogen-bond donors (Lipinski definition) is 1. The Balaban J connectivity index is 2.19. The molecular formula is C18H15Br2NO3. The molecule has 2 aromatic rings. The van der Waals surface area contributed by atoms with E-state index in [0.29, 0.717) is 17.1 Å². The fourth-order valence-corrected chi connectivity index (χ4v) is 3.96. The summed E-state index contributed by atoms with van der Waals surface area (Å²) in [7, 11) is 3.20. The minimum atomic E-state index is -0.134. The maximum atomic E-state index is 12.5. The number of halogens is 2. The first-order valence-corrected chi connectivity index (χ1v) is 8.79. The van der Waals surface area contributed by atoms with E-state index in [4.69, 9.17) is 9.47 Å². The van der Waals surface area contributed by atoms with Crippen LogP contribution in [-0.2, 0) is 4.79 Å². The highest BCUT2D eigenvalue weighted by Crippen LogP contribution is 2.44. The van der Waals surface area contributed by atoms with E-state index in [9.17, 15) is 4.79 Å². The van der Waals surface area contributed by atoms with E-state index in [0.717, 1.165) is 31.3 Å². The fraction of sp³-hybridized carbons (Fsp3) is 0.167. The SMILES string of the molecule is COc1ccc(C=C2C(=O)Nc3c(Br)cc(Br)c(C)c32)c(OC)c1. The van der Waals surface area contributed by atoms with Crippen LogP contribution in [0.15, 0.2) is 33.2 Å². The predicted molar refractivity (Wildman–Crippen MR) is 103 cm³/mol. The number of nitrogens with one attached hydrogen (secondary N) is 1. The lowest BCUT2D eigenvalue weighted by Crippen LogP contribution is -2.04. The van der Waals surface area contributed by atoms with Crippen molar-refractivity contribution in [2.75, 3.05) is 19.5 Å². The van der Waals surface area contributed by atoms with Gasteiger partial charge in [-0.2, -0.15) is 0 Å². The van der Waals surface area contributed by atoms with Crippen LogP contribution in [0.2, 0.25) is 0 Å². The molecule has 0 spiro atoms. The van der Waals surface area contributed by atoms with Crippen LogP contribution >= 0.6 is 31.9 Å². The number of ether oxygens (including phenoxy) is 2. The molecule has 3 rings (SSSR count). The van der Waals surface area contributed by atoms with Crippen LogP contribution in [0.1, 0.15) is 16.7 Å². The van der Waals surface area contributed by atoms with Gasteiger partial charge in [0.1, 0.15) is 11.5 Å². The minimum Gasteiger partial charge on any atom is -0.497 e. The third-order valence-corrected chi connectivity index (χ3v) is 5.42. The van der Waals surface area contributed by atoms with E-state index in [1.807, 2.05) is 31.2 Å². The number of benzene rings is 2. The smallest absolute Gasteiger partial charge is 0.256 e. The molecule has 0 bridgehead atoms. The molecule has 1 heterocycles. The first-order chi connectivity index (χ1) is 11.5. The second-order valence-electron chi connectivity index (χ2n) is 5.34. The van der Waals surface area contributed by atoms with Gasteiger partial charge in [0.05, 0.1) is 25.5 Å². The highest BCUT2D eigenvalue weighted by atomic mass is 79.9. The van der Waals surface area contributed by atoms with Gasteiger partial charge < -0.3 is 14.8 Å². The molecule has 0 saturated carbocycles. The molecule has 24 heavy (non-hydrogen) atoms. The first-order valence-electron chi connectivity index (χ1n) is 7.20. The van der Waals surface area contributed by atoms with Gasteiger partial charge in [-0.1, -0.05) is 15.9 Å². The Bertz CT molecular complexity index is 875. The van der Waals surface area contributed by atoms with Crippen molar-refractivity contribution >= 4 is 55.1 Å². The van der Waals surface area contributed by atoms with Crippen molar-refractivity contribution in [1.29, 1.82) is 0 Å². The molecule has 124 valence electrons. The average Bonchev–Trinajstić information content (AvgIpc) is 2.90. The van der Waals surface area contributed by atoms with E-state index in [1.54, 1.807) is 20.3 Å². The lowest BCUT2D eigenvalue weighted by atomic mass is 9.99. The fourth-order valence-electron chi connectivity index (χ4n) is 2.70. The Kier molecular flexibility index (Phi) is 4.69. The Morgan fingerprint density at radius 1 is 1.08 bits per heavy atom. The molecule has 1 N–H and O–H groups in total. The lowest BCUT2D eigenvalue weighted by Gasteiger charge is -2.10. The summed E-state index contributed by atoms with van der Waals surface area (Å²) in [5.41, 5.74) is 4.10. The Morgan fingerprint density at radius 2 is 1.83 bits per heavy atom. The van der Waals surface area contributed by atoms with Crippen LogP contribution < -0.4 is 14.8 Å². The zero-order valence-corrected chi connectivity index (χ0v) is 16.5. The van der Waals surface area contributed by atoms with E-state index >= 15 is 0 Å². The number of hydrogen-bond acceptors (Lipinski definition) is 3. The van der Waals surface area contributed by atoms with Gasteiger partial charge in [0.25, 0.3) is 5.91 Å². The Morgan fingerprint density at radius 3 is 2.50 bits per heavy atom. The number of fused-ring (bicyclic) bond motifs is 1. The molecule has 6 heteroatoms. The standard InChI is InChI=1S/C18H15Br2NO3/c1-9-13(19)8-14(20)17-16(9)12(18(22)21-17)6-10-4-5-11(23-2)7-15(10)24-3/h4-8H,1-3H3,(H,21,22). The molecule has 0 aromatic heterocycles. The van der Waals surface area contributed by atoms with Crippen molar-refractivity contribution in [3.05, 3.63) is 49.9 Å². The minimum absolute atomic E-state index is 0.134. The number of methoxy groups -OCH3 is 2. The van der Waals surface area contributed by atoms with E-state index in [2.05, 4.69) is 37.2 Å². The van der Waals surface area contributed by atoms with Crippen LogP contribution in [-0.4, -0.2) is 20.1 Å². The van der Waals surface area contributed by atoms with Crippen molar-refractivity contribution in [3.8, 4) is 11.5 Å². The highest BCUT2D eigenvalue weighted by Gasteiger charge is 2.29. The molecule has 2 aromatic carbocycles. The molecule has 1 amide bonds. The van der Waals surface area contributed by atoms with Crippen molar-refractivity contribution < 1.29 is 14.3 Å². The normalized spacial score (nSPS) is 14.5. The monoisotopic (exact) mass is 451 g/mol. The van der Waals surface area contributed by atoms with Crippen molar-refractivity contribution in [2.45, 2.75) is 6.92 Å². The van der Waals surface area contributed by atoms with Crippen molar-refractivity contribution in [3.63, 3.8) is 0 Å². The maximum absolute atomic E-state index is 12.5. The van der Waals surface area contributed by atoms with E-state index in [-0.39, 0.29) is 5.91 Å². The summed E-state index contributed by atoms with van der Waals surface area (Å²) < 4.78 is 12.4. The molecule has 0 fully saturated rings. The Labute approximate surface area is 157 Å². The van der Waals surface area contributed by atoms with E-state index < -0.39 is 0 Å². The Hall–Kier alpha value is -1.79. The summed E-state index contributed by atoms with van der Waals surface area (Å²) in [5.74, 6) is 1.21. The van der Waals surface area contributed by atoms with Gasteiger partial charge in [0.2, 0.25) is 0 Å². The van der Waals surface area contributed by atoms with Crippen molar-refractivity contribution in [1.82, 2.24) is 0 Å². The summed E-state index contributed by atoms with van der Waals surface area (Å²) in [6.45, 7) is 1.98. The highest BCUT2D eigenvalue weighted by molar-refractivity contribution is 9.11. The van der Waals surface area contributed by atoms with Crippen molar-refractivity contribution in [2.24, 2.45) is 0 Å². The summed E-state index contributed by atoms with van der Waals surface area (Å²) >= 11 is 7.05. The molecule has 1 aliphatic rings. The summed E-state index contributed by atoms with van der Waals surface area (Å²) in [6, 6.07) is 7.44. The maximum Gasteiger partial charge on any atom is 0.256 e. The number of rotatable bonds is 3. The largest absolute Gasteiger partial charge is 0.497 e. The average molecular weight is 453 g/mol. The number of carbonyl (C=O) groups excluding carboxylic acids is 1. The second-order valence-corrected chi connectivity index (χ2v) is 7.04. The molecule has 0 saturated heterocycles. The molecule has 0 radical (unpaired) electrons. The third-order valence-electron chi connectivity index (χ3n) is 3.97. The molecular weight excluding hydrogens is 438 g/mol. The quantitative estimate of drug-likeness (QED) is 0.664. The van der Waals surface area contributed by atoms with Gasteiger partial charge in [-0.15, -0.1) is 0 Å². The number of carbonyl (C=O) groups is 1. The van der Waals surface area contributed by atoms with E-state index in [1.165, 1.54) is 0 Å². The van der Waals surface area contributed by atoms with Gasteiger partial charge in [0, 0.05) is 26.1 Å². The van der Waals surface area contributed by atoms with Crippen LogP contribution in [0.4, 0.5) is 5.69 Å². The van der Waals surface area contributed by atoms with Gasteiger partial charge in [-0.05, 0) is 52.7 Å². The lowest BCUT2D eigenvalue weighted by molar-refractivity contribution is -0.110. The summed E-state index contributed by atoms with van der Waals surface area (Å²) in [5, 5.41) is 2.92. The molecule has 1 aliphatic heterocycles. The summed E-state index contributed by atoms with van der Waals surface area (Å²) in [4.78, 5) is 12.5. The van der Waals surface area contributed by atoms with Gasteiger partial charge >= 0.3 is 0 Å². The van der Waals surface area contributed by atoms with Gasteiger partial charge in [-0.3, -0.25) is 4.79 Å².